The Bertz CT molecular complexity index is 546. The maximum absolute atomic E-state index is 12.0. The van der Waals surface area contributed by atoms with Crippen molar-refractivity contribution in [3.05, 3.63) is 52.3 Å². The highest BCUT2D eigenvalue weighted by molar-refractivity contribution is 6.31. The summed E-state index contributed by atoms with van der Waals surface area (Å²) >= 11 is 5.90. The van der Waals surface area contributed by atoms with E-state index in [1.807, 2.05) is 6.92 Å². The number of nitrogens with zero attached hydrogens (tertiary/aromatic N) is 2. The van der Waals surface area contributed by atoms with E-state index in [2.05, 4.69) is 5.10 Å². The number of benzene rings is 1. The van der Waals surface area contributed by atoms with Crippen molar-refractivity contribution in [1.29, 1.82) is 0 Å². The molecule has 16 heavy (non-hydrogen) atoms. The van der Waals surface area contributed by atoms with E-state index in [1.54, 1.807) is 42.2 Å². The van der Waals surface area contributed by atoms with Crippen molar-refractivity contribution in [2.24, 2.45) is 7.05 Å². The fourth-order valence-electron chi connectivity index (χ4n) is 1.47. The van der Waals surface area contributed by atoms with Gasteiger partial charge >= 0.3 is 0 Å². The van der Waals surface area contributed by atoms with Crippen LogP contribution in [-0.4, -0.2) is 15.6 Å². The zero-order valence-electron chi connectivity index (χ0n) is 9.07. The third-order valence-corrected chi connectivity index (χ3v) is 2.79. The van der Waals surface area contributed by atoms with Gasteiger partial charge in [-0.1, -0.05) is 11.6 Å². The first-order valence-electron chi connectivity index (χ1n) is 4.88. The molecule has 1 aromatic carbocycles. The molecular formula is C12H11ClN2O. The summed E-state index contributed by atoms with van der Waals surface area (Å²) < 4.78 is 1.61. The lowest BCUT2D eigenvalue weighted by Gasteiger charge is -2.01. The number of hydrogen-bond donors (Lipinski definition) is 0. The van der Waals surface area contributed by atoms with E-state index in [1.165, 1.54) is 0 Å². The molecule has 0 aliphatic rings. The van der Waals surface area contributed by atoms with Crippen LogP contribution in [0.25, 0.3) is 0 Å². The Hall–Kier alpha value is -1.61. The van der Waals surface area contributed by atoms with E-state index in [0.29, 0.717) is 16.3 Å². The zero-order valence-corrected chi connectivity index (χ0v) is 9.82. The molecule has 0 aliphatic heterocycles. The van der Waals surface area contributed by atoms with Crippen LogP contribution >= 0.6 is 11.6 Å². The molecule has 0 spiro atoms. The molecule has 2 rings (SSSR count). The average Bonchev–Trinajstić information content (AvgIpc) is 2.68. The lowest BCUT2D eigenvalue weighted by molar-refractivity contribution is 0.103. The van der Waals surface area contributed by atoms with Gasteiger partial charge < -0.3 is 0 Å². The molecule has 0 bridgehead atoms. The highest BCUT2D eigenvalue weighted by Gasteiger charge is 2.12. The second-order valence-electron chi connectivity index (χ2n) is 3.67. The van der Waals surface area contributed by atoms with Crippen molar-refractivity contribution in [2.75, 3.05) is 0 Å². The fraction of sp³-hybridized carbons (Fsp3) is 0.167. The summed E-state index contributed by atoms with van der Waals surface area (Å²) in [7, 11) is 1.78. The highest BCUT2D eigenvalue weighted by atomic mass is 35.5. The molecule has 3 nitrogen and oxygen atoms in total. The first-order chi connectivity index (χ1) is 7.58. The predicted octanol–water partition coefficient (Wildman–Crippen LogP) is 2.61. The number of rotatable bonds is 2. The summed E-state index contributed by atoms with van der Waals surface area (Å²) in [6, 6.07) is 6.92. The lowest BCUT2D eigenvalue weighted by Crippen LogP contribution is -2.03. The first kappa shape index (κ1) is 10.9. The Morgan fingerprint density at radius 1 is 1.38 bits per heavy atom. The van der Waals surface area contributed by atoms with Gasteiger partial charge in [-0.3, -0.25) is 9.48 Å². The van der Waals surface area contributed by atoms with Gasteiger partial charge in [0.15, 0.2) is 0 Å². The average molecular weight is 235 g/mol. The monoisotopic (exact) mass is 234 g/mol. The summed E-state index contributed by atoms with van der Waals surface area (Å²) in [5.74, 6) is -0.0830. The fourth-order valence-corrected chi connectivity index (χ4v) is 1.59. The highest BCUT2D eigenvalue weighted by Crippen LogP contribution is 2.18. The number of aromatic nitrogens is 2. The Morgan fingerprint density at radius 3 is 2.69 bits per heavy atom. The van der Waals surface area contributed by atoms with E-state index in [0.717, 1.165) is 5.56 Å². The number of aryl methyl sites for hydroxylation is 2. The molecule has 0 saturated carbocycles. The minimum Gasteiger partial charge on any atom is -0.287 e. The van der Waals surface area contributed by atoms with E-state index in [-0.39, 0.29) is 5.78 Å². The quantitative estimate of drug-likeness (QED) is 0.749. The van der Waals surface area contributed by atoms with Gasteiger partial charge in [0.25, 0.3) is 0 Å². The van der Waals surface area contributed by atoms with Gasteiger partial charge in [-0.2, -0.15) is 5.10 Å². The van der Waals surface area contributed by atoms with Crippen molar-refractivity contribution in [1.82, 2.24) is 9.78 Å². The topological polar surface area (TPSA) is 34.9 Å². The van der Waals surface area contributed by atoms with Gasteiger partial charge in [-0.05, 0) is 36.8 Å². The molecule has 0 unspecified atom stereocenters. The Labute approximate surface area is 98.7 Å². The van der Waals surface area contributed by atoms with Crippen molar-refractivity contribution in [3.63, 3.8) is 0 Å². The molecule has 0 amide bonds. The van der Waals surface area contributed by atoms with Gasteiger partial charge in [0.1, 0.15) is 5.69 Å². The van der Waals surface area contributed by atoms with Crippen LogP contribution in [0.2, 0.25) is 5.02 Å². The molecule has 0 aliphatic carbocycles. The summed E-state index contributed by atoms with van der Waals surface area (Å²) in [6.07, 6.45) is 1.75. The maximum atomic E-state index is 12.0. The van der Waals surface area contributed by atoms with Crippen molar-refractivity contribution in [2.45, 2.75) is 6.92 Å². The van der Waals surface area contributed by atoms with E-state index < -0.39 is 0 Å². The number of carbonyl (C=O) groups is 1. The molecule has 0 fully saturated rings. The molecule has 1 aromatic heterocycles. The molecule has 1 heterocycles. The minimum absolute atomic E-state index is 0.0830. The van der Waals surface area contributed by atoms with Crippen LogP contribution in [-0.2, 0) is 7.05 Å². The third kappa shape index (κ3) is 1.99. The van der Waals surface area contributed by atoms with Gasteiger partial charge in [0, 0.05) is 23.8 Å². The Balaban J connectivity index is 2.38. The standard InChI is InChI=1S/C12H11ClN2O/c1-8-7-9(3-4-10(8)13)12(16)11-5-6-15(2)14-11/h3-7H,1-2H3. The van der Waals surface area contributed by atoms with Gasteiger partial charge in [0.2, 0.25) is 5.78 Å². The number of ketones is 1. The summed E-state index contributed by atoms with van der Waals surface area (Å²) in [4.78, 5) is 12.0. The summed E-state index contributed by atoms with van der Waals surface area (Å²) in [5.41, 5.74) is 1.95. The largest absolute Gasteiger partial charge is 0.287 e. The lowest BCUT2D eigenvalue weighted by atomic mass is 10.1. The Morgan fingerprint density at radius 2 is 2.12 bits per heavy atom. The van der Waals surface area contributed by atoms with Crippen LogP contribution in [0.5, 0.6) is 0 Å². The van der Waals surface area contributed by atoms with E-state index in [9.17, 15) is 4.79 Å². The van der Waals surface area contributed by atoms with Crippen LogP contribution in [0.4, 0.5) is 0 Å². The van der Waals surface area contributed by atoms with Gasteiger partial charge in [-0.25, -0.2) is 0 Å². The van der Waals surface area contributed by atoms with Gasteiger partial charge in [-0.15, -0.1) is 0 Å². The van der Waals surface area contributed by atoms with E-state index >= 15 is 0 Å². The molecule has 0 atom stereocenters. The van der Waals surface area contributed by atoms with Crippen molar-refractivity contribution in [3.8, 4) is 0 Å². The SMILES string of the molecule is Cc1cc(C(=O)c2ccn(C)n2)ccc1Cl. The van der Waals surface area contributed by atoms with Crippen LogP contribution < -0.4 is 0 Å². The van der Waals surface area contributed by atoms with Crippen molar-refractivity contribution >= 4 is 17.4 Å². The number of carbonyl (C=O) groups excluding carboxylic acids is 1. The van der Waals surface area contributed by atoms with Crippen LogP contribution in [0.3, 0.4) is 0 Å². The second-order valence-corrected chi connectivity index (χ2v) is 4.07. The first-order valence-corrected chi connectivity index (χ1v) is 5.26. The minimum atomic E-state index is -0.0830. The molecular weight excluding hydrogens is 224 g/mol. The molecule has 0 radical (unpaired) electrons. The summed E-state index contributed by atoms with van der Waals surface area (Å²) in [6.45, 7) is 1.87. The van der Waals surface area contributed by atoms with Crippen molar-refractivity contribution < 1.29 is 4.79 Å². The second kappa shape index (κ2) is 4.10. The molecule has 0 saturated heterocycles. The maximum Gasteiger partial charge on any atom is 0.213 e. The van der Waals surface area contributed by atoms with Crippen LogP contribution in [0, 0.1) is 6.92 Å². The third-order valence-electron chi connectivity index (χ3n) is 2.37. The number of halogens is 1. The van der Waals surface area contributed by atoms with Gasteiger partial charge in [0.05, 0.1) is 0 Å². The van der Waals surface area contributed by atoms with E-state index in [4.69, 9.17) is 11.6 Å². The molecule has 4 heteroatoms. The molecule has 2 aromatic rings. The Kier molecular flexibility index (Phi) is 2.79. The zero-order chi connectivity index (χ0) is 11.7. The normalized spacial score (nSPS) is 10.4. The molecule has 82 valence electrons. The smallest absolute Gasteiger partial charge is 0.213 e. The molecule has 0 N–H and O–H groups in total. The summed E-state index contributed by atoms with van der Waals surface area (Å²) in [5, 5.41) is 4.74. The van der Waals surface area contributed by atoms with Crippen LogP contribution in [0.15, 0.2) is 30.5 Å². The van der Waals surface area contributed by atoms with Crippen LogP contribution in [0.1, 0.15) is 21.6 Å². The predicted molar refractivity (Wildman–Crippen MR) is 62.8 cm³/mol. The number of hydrogen-bond acceptors (Lipinski definition) is 2.